The van der Waals surface area contributed by atoms with Crippen LogP contribution in [0.15, 0.2) is 0 Å². The first-order chi connectivity index (χ1) is 5.77. The van der Waals surface area contributed by atoms with Crippen LogP contribution in [-0.4, -0.2) is 0 Å². The normalized spacial score (nSPS) is 38.3. The van der Waals surface area contributed by atoms with Crippen molar-refractivity contribution in [3.8, 4) is 0 Å². The van der Waals surface area contributed by atoms with E-state index in [0.717, 1.165) is 11.8 Å². The lowest BCUT2D eigenvalue weighted by Crippen LogP contribution is -2.37. The first kappa shape index (κ1) is 11.1. The maximum absolute atomic E-state index is 2.45. The van der Waals surface area contributed by atoms with E-state index in [1.54, 1.807) is 0 Å². The van der Waals surface area contributed by atoms with Gasteiger partial charge in [0.1, 0.15) is 0 Å². The van der Waals surface area contributed by atoms with Crippen LogP contribution in [0, 0.1) is 22.7 Å². The summed E-state index contributed by atoms with van der Waals surface area (Å²) in [4.78, 5) is 0. The summed E-state index contributed by atoms with van der Waals surface area (Å²) in [6.45, 7) is 14.7. The third kappa shape index (κ3) is 1.92. The van der Waals surface area contributed by atoms with Crippen molar-refractivity contribution in [2.75, 3.05) is 0 Å². The van der Waals surface area contributed by atoms with Crippen LogP contribution < -0.4 is 0 Å². The zero-order chi connectivity index (χ0) is 10.3. The van der Waals surface area contributed by atoms with Gasteiger partial charge in [0.05, 0.1) is 0 Å². The molecule has 1 saturated carbocycles. The molecule has 0 heteroatoms. The fraction of sp³-hybridized carbons (Fsp3) is 1.00. The molecule has 1 aliphatic rings. The van der Waals surface area contributed by atoms with Gasteiger partial charge in [-0.3, -0.25) is 0 Å². The van der Waals surface area contributed by atoms with Crippen LogP contribution in [0.3, 0.4) is 0 Å². The largest absolute Gasteiger partial charge is 0.0625 e. The first-order valence-corrected chi connectivity index (χ1v) is 5.77. The maximum atomic E-state index is 2.45. The summed E-state index contributed by atoms with van der Waals surface area (Å²) in [7, 11) is 0. The molecule has 0 spiro atoms. The van der Waals surface area contributed by atoms with Crippen molar-refractivity contribution >= 4 is 0 Å². The van der Waals surface area contributed by atoms with Crippen LogP contribution >= 0.6 is 0 Å². The van der Waals surface area contributed by atoms with Crippen LogP contribution in [0.5, 0.6) is 0 Å². The summed E-state index contributed by atoms with van der Waals surface area (Å²) in [6, 6.07) is 0. The lowest BCUT2D eigenvalue weighted by Gasteiger charge is -2.45. The lowest BCUT2D eigenvalue weighted by atomic mass is 9.60. The predicted octanol–water partition coefficient (Wildman–Crippen LogP) is 4.49. The average Bonchev–Trinajstić information content (AvgIpc) is 2.02. The highest BCUT2D eigenvalue weighted by molar-refractivity contribution is 4.93. The minimum Gasteiger partial charge on any atom is -0.0625 e. The van der Waals surface area contributed by atoms with Gasteiger partial charge in [-0.05, 0) is 35.5 Å². The minimum atomic E-state index is 0.498. The van der Waals surface area contributed by atoms with E-state index in [1.165, 1.54) is 19.3 Å². The molecule has 0 radical (unpaired) electrons. The molecule has 1 rings (SSSR count). The summed E-state index contributed by atoms with van der Waals surface area (Å²) in [5.74, 6) is 1.78. The topological polar surface area (TPSA) is 0 Å². The van der Waals surface area contributed by atoms with Gasteiger partial charge in [0, 0.05) is 0 Å². The molecule has 0 aliphatic heterocycles. The SMILES string of the molecule is CC1CCC(C)C(C)(C)C(C)(C)C1. The Hall–Kier alpha value is 0. The van der Waals surface area contributed by atoms with Crippen molar-refractivity contribution in [2.24, 2.45) is 22.7 Å². The summed E-state index contributed by atoms with van der Waals surface area (Å²) >= 11 is 0. The van der Waals surface area contributed by atoms with Gasteiger partial charge in [-0.25, -0.2) is 0 Å². The zero-order valence-electron chi connectivity index (χ0n) is 10.3. The van der Waals surface area contributed by atoms with Crippen molar-refractivity contribution in [1.29, 1.82) is 0 Å². The van der Waals surface area contributed by atoms with Crippen molar-refractivity contribution in [3.63, 3.8) is 0 Å². The fourth-order valence-corrected chi connectivity index (χ4v) is 2.80. The second-order valence-electron chi connectivity index (χ2n) is 6.39. The molecule has 0 saturated heterocycles. The Balaban J connectivity index is 2.91. The molecule has 1 aliphatic carbocycles. The standard InChI is InChI=1S/C13H26/c1-10-7-8-11(2)13(5,6)12(3,4)9-10/h10-11H,7-9H2,1-6H3. The number of rotatable bonds is 0. The Morgan fingerprint density at radius 1 is 0.923 bits per heavy atom. The van der Waals surface area contributed by atoms with Gasteiger partial charge in [0.2, 0.25) is 0 Å². The molecular weight excluding hydrogens is 156 g/mol. The molecule has 2 unspecified atom stereocenters. The monoisotopic (exact) mass is 182 g/mol. The molecule has 0 aromatic heterocycles. The van der Waals surface area contributed by atoms with Gasteiger partial charge in [0.25, 0.3) is 0 Å². The van der Waals surface area contributed by atoms with Crippen LogP contribution in [0.2, 0.25) is 0 Å². The van der Waals surface area contributed by atoms with E-state index >= 15 is 0 Å². The summed E-state index contributed by atoms with van der Waals surface area (Å²) in [6.07, 6.45) is 4.23. The van der Waals surface area contributed by atoms with Crippen molar-refractivity contribution in [2.45, 2.75) is 60.8 Å². The van der Waals surface area contributed by atoms with E-state index in [2.05, 4.69) is 41.5 Å². The van der Waals surface area contributed by atoms with Crippen molar-refractivity contribution in [3.05, 3.63) is 0 Å². The highest BCUT2D eigenvalue weighted by Gasteiger charge is 2.43. The van der Waals surface area contributed by atoms with Gasteiger partial charge in [0.15, 0.2) is 0 Å². The number of hydrogen-bond donors (Lipinski definition) is 0. The van der Waals surface area contributed by atoms with Gasteiger partial charge in [-0.2, -0.15) is 0 Å². The van der Waals surface area contributed by atoms with Crippen molar-refractivity contribution < 1.29 is 0 Å². The minimum absolute atomic E-state index is 0.498. The number of hydrogen-bond acceptors (Lipinski definition) is 0. The first-order valence-electron chi connectivity index (χ1n) is 5.77. The summed E-state index contributed by atoms with van der Waals surface area (Å²) in [5.41, 5.74) is 1.00. The molecule has 0 nitrogen and oxygen atoms in total. The van der Waals surface area contributed by atoms with E-state index in [0.29, 0.717) is 10.8 Å². The highest BCUT2D eigenvalue weighted by Crippen LogP contribution is 2.52. The molecule has 78 valence electrons. The Morgan fingerprint density at radius 2 is 1.46 bits per heavy atom. The zero-order valence-corrected chi connectivity index (χ0v) is 10.3. The average molecular weight is 182 g/mol. The van der Waals surface area contributed by atoms with Gasteiger partial charge >= 0.3 is 0 Å². The van der Waals surface area contributed by atoms with Crippen LogP contribution in [0.1, 0.15) is 60.8 Å². The van der Waals surface area contributed by atoms with Gasteiger partial charge in [-0.15, -0.1) is 0 Å². The summed E-state index contributed by atoms with van der Waals surface area (Å²) in [5, 5.41) is 0. The molecule has 13 heavy (non-hydrogen) atoms. The molecule has 0 amide bonds. The highest BCUT2D eigenvalue weighted by atomic mass is 14.5. The quantitative estimate of drug-likeness (QED) is 0.484. The van der Waals surface area contributed by atoms with E-state index in [4.69, 9.17) is 0 Å². The molecule has 0 bridgehead atoms. The molecule has 0 aromatic carbocycles. The van der Waals surface area contributed by atoms with Crippen LogP contribution in [0.4, 0.5) is 0 Å². The molecule has 0 N–H and O–H groups in total. The van der Waals surface area contributed by atoms with E-state index < -0.39 is 0 Å². The lowest BCUT2D eigenvalue weighted by molar-refractivity contribution is 0.0457. The molecule has 0 aromatic rings. The van der Waals surface area contributed by atoms with Crippen molar-refractivity contribution in [1.82, 2.24) is 0 Å². The van der Waals surface area contributed by atoms with E-state index in [-0.39, 0.29) is 0 Å². The molecule has 1 fully saturated rings. The molecular formula is C13H26. The van der Waals surface area contributed by atoms with Crippen LogP contribution in [-0.2, 0) is 0 Å². The Kier molecular flexibility index (Phi) is 2.81. The fourth-order valence-electron chi connectivity index (χ4n) is 2.80. The van der Waals surface area contributed by atoms with Gasteiger partial charge in [-0.1, -0.05) is 48.0 Å². The maximum Gasteiger partial charge on any atom is -0.0277 e. The van der Waals surface area contributed by atoms with Gasteiger partial charge < -0.3 is 0 Å². The predicted molar refractivity (Wildman–Crippen MR) is 59.7 cm³/mol. The Labute approximate surface area is 84.1 Å². The Bertz CT molecular complexity index is 176. The third-order valence-corrected chi connectivity index (χ3v) is 4.93. The van der Waals surface area contributed by atoms with Crippen LogP contribution in [0.25, 0.3) is 0 Å². The second kappa shape index (κ2) is 3.29. The molecule has 2 atom stereocenters. The second-order valence-corrected chi connectivity index (χ2v) is 6.39. The Morgan fingerprint density at radius 3 is 2.00 bits per heavy atom. The van der Waals surface area contributed by atoms with E-state index in [9.17, 15) is 0 Å². The smallest absolute Gasteiger partial charge is 0.0277 e. The molecule has 0 heterocycles. The van der Waals surface area contributed by atoms with E-state index in [1.807, 2.05) is 0 Å². The third-order valence-electron chi connectivity index (χ3n) is 4.93. The summed E-state index contributed by atoms with van der Waals surface area (Å²) < 4.78 is 0.